The number of hydrogen-bond acceptors (Lipinski definition) is 4. The number of fused-ring (bicyclic) bond motifs is 1. The molecule has 1 atom stereocenters. The molecule has 206 valence electrons. The molecular weight excluding hydrogens is 482 g/mol. The van der Waals surface area contributed by atoms with Crippen molar-refractivity contribution in [3.05, 3.63) is 77.4 Å². The summed E-state index contributed by atoms with van der Waals surface area (Å²) in [5, 5.41) is 0. The van der Waals surface area contributed by atoms with Gasteiger partial charge >= 0.3 is 5.97 Å². The highest BCUT2D eigenvalue weighted by atomic mass is 16.5. The van der Waals surface area contributed by atoms with E-state index in [9.17, 15) is 4.79 Å². The predicted octanol–water partition coefficient (Wildman–Crippen LogP) is 8.40. The molecule has 0 spiro atoms. The van der Waals surface area contributed by atoms with Crippen LogP contribution >= 0.6 is 0 Å². The minimum atomic E-state index is -0.327. The Hall–Kier alpha value is -3.11. The quantitative estimate of drug-likeness (QED) is 0.225. The minimum Gasteiger partial charge on any atom is -0.475 e. The van der Waals surface area contributed by atoms with Crippen molar-refractivity contribution in [2.75, 3.05) is 6.61 Å². The van der Waals surface area contributed by atoms with E-state index in [0.29, 0.717) is 12.2 Å². The number of benzene rings is 3. The topological polar surface area (TPSA) is 61.5 Å². The van der Waals surface area contributed by atoms with Crippen LogP contribution in [0.5, 0.6) is 5.75 Å². The van der Waals surface area contributed by atoms with Gasteiger partial charge in [0.05, 0.1) is 12.2 Å². The van der Waals surface area contributed by atoms with E-state index in [-0.39, 0.29) is 23.0 Å². The van der Waals surface area contributed by atoms with Gasteiger partial charge in [-0.25, -0.2) is 4.79 Å². The summed E-state index contributed by atoms with van der Waals surface area (Å²) in [7, 11) is 0. The number of carbonyl (C=O) groups is 1. The van der Waals surface area contributed by atoms with E-state index in [1.54, 1.807) is 0 Å². The van der Waals surface area contributed by atoms with Gasteiger partial charge in [-0.3, -0.25) is 5.73 Å². The van der Waals surface area contributed by atoms with Gasteiger partial charge in [-0.15, -0.1) is 0 Å². The third-order valence-corrected chi connectivity index (χ3v) is 8.71. The van der Waals surface area contributed by atoms with Crippen LogP contribution in [0.1, 0.15) is 94.6 Å². The summed E-state index contributed by atoms with van der Waals surface area (Å²) in [6.45, 7) is 11.6. The molecule has 5 rings (SSSR count). The van der Waals surface area contributed by atoms with E-state index < -0.39 is 0 Å². The van der Waals surface area contributed by atoms with Crippen LogP contribution in [0.15, 0.2) is 60.7 Å². The fourth-order valence-electron chi connectivity index (χ4n) is 5.84. The van der Waals surface area contributed by atoms with Gasteiger partial charge in [0, 0.05) is 5.56 Å². The fraction of sp³-hybridized carbons (Fsp3) is 0.457. The smallest absolute Gasteiger partial charge is 0.338 e. The highest BCUT2D eigenvalue weighted by Crippen LogP contribution is 2.47. The Morgan fingerprint density at radius 3 is 2.18 bits per heavy atom. The molecule has 1 fully saturated rings. The van der Waals surface area contributed by atoms with Crippen LogP contribution in [0.25, 0.3) is 22.3 Å². The second-order valence-electron chi connectivity index (χ2n) is 12.7. The molecule has 2 aliphatic carbocycles. The number of carbonyl (C=O) groups excluding carboxylic acids is 1. The zero-order valence-corrected chi connectivity index (χ0v) is 24.2. The van der Waals surface area contributed by atoms with Crippen LogP contribution in [0.2, 0.25) is 0 Å². The van der Waals surface area contributed by atoms with Crippen LogP contribution in [-0.2, 0) is 15.6 Å². The summed E-state index contributed by atoms with van der Waals surface area (Å²) in [6.07, 6.45) is 6.67. The Kier molecular flexibility index (Phi) is 7.61. The molecule has 0 aliphatic heterocycles. The maximum atomic E-state index is 12.1. The number of ether oxygens (including phenoxy) is 2. The summed E-state index contributed by atoms with van der Waals surface area (Å²) >= 11 is 0. The summed E-state index contributed by atoms with van der Waals surface area (Å²) in [4.78, 5) is 12.1. The van der Waals surface area contributed by atoms with Crippen molar-refractivity contribution in [3.8, 4) is 28.0 Å². The first-order valence-electron chi connectivity index (χ1n) is 14.6. The van der Waals surface area contributed by atoms with Crippen molar-refractivity contribution in [2.45, 2.75) is 90.2 Å². The SMILES string of the molecule is CCOC(=O)c1ccc(-c2ccc(OC(N)CCC3CC3)c(-c3ccc4c(c3)C(C)(C)CCC4(C)C)c2)cc1. The van der Waals surface area contributed by atoms with Crippen molar-refractivity contribution in [3.63, 3.8) is 0 Å². The van der Waals surface area contributed by atoms with Gasteiger partial charge in [0.2, 0.25) is 0 Å². The van der Waals surface area contributed by atoms with Crippen LogP contribution in [0.4, 0.5) is 0 Å². The van der Waals surface area contributed by atoms with Crippen molar-refractivity contribution in [1.29, 1.82) is 0 Å². The third-order valence-electron chi connectivity index (χ3n) is 8.71. The van der Waals surface area contributed by atoms with Crippen molar-refractivity contribution in [2.24, 2.45) is 11.7 Å². The van der Waals surface area contributed by atoms with Gasteiger partial charge in [-0.1, -0.05) is 76.9 Å². The lowest BCUT2D eigenvalue weighted by Crippen LogP contribution is -2.33. The van der Waals surface area contributed by atoms with E-state index in [1.807, 2.05) is 31.2 Å². The number of rotatable bonds is 9. The van der Waals surface area contributed by atoms with E-state index in [4.69, 9.17) is 15.2 Å². The first-order valence-corrected chi connectivity index (χ1v) is 14.6. The average molecular weight is 526 g/mol. The molecule has 1 unspecified atom stereocenters. The molecule has 3 aromatic rings. The molecule has 0 radical (unpaired) electrons. The van der Waals surface area contributed by atoms with Crippen LogP contribution in [-0.4, -0.2) is 18.8 Å². The summed E-state index contributed by atoms with van der Waals surface area (Å²) in [5.74, 6) is 1.34. The summed E-state index contributed by atoms with van der Waals surface area (Å²) < 4.78 is 11.6. The molecule has 0 bridgehead atoms. The Balaban J connectivity index is 1.53. The maximum Gasteiger partial charge on any atom is 0.338 e. The maximum absolute atomic E-state index is 12.1. The normalized spacial score (nSPS) is 18.2. The fourth-order valence-corrected chi connectivity index (χ4v) is 5.84. The lowest BCUT2D eigenvalue weighted by atomic mass is 9.63. The van der Waals surface area contributed by atoms with Gasteiger partial charge in [-0.05, 0) is 101 Å². The van der Waals surface area contributed by atoms with Gasteiger partial charge in [0.15, 0.2) is 0 Å². The van der Waals surface area contributed by atoms with E-state index in [2.05, 4.69) is 64.1 Å². The second-order valence-corrected chi connectivity index (χ2v) is 12.7. The molecule has 4 heteroatoms. The molecule has 3 aromatic carbocycles. The Bertz CT molecular complexity index is 1330. The number of nitrogens with two attached hydrogens (primary N) is 1. The van der Waals surface area contributed by atoms with Gasteiger partial charge < -0.3 is 9.47 Å². The second kappa shape index (κ2) is 10.8. The first-order chi connectivity index (χ1) is 18.6. The van der Waals surface area contributed by atoms with Crippen molar-refractivity contribution in [1.82, 2.24) is 0 Å². The predicted molar refractivity (Wildman–Crippen MR) is 159 cm³/mol. The largest absolute Gasteiger partial charge is 0.475 e. The standard InChI is InChI=1S/C35H43NO3/c1-6-38-33(37)25-12-10-24(11-13-25)26-15-17-31(39-32(36)18-9-23-7-8-23)28(21-26)27-14-16-29-30(22-27)35(4,5)20-19-34(29,2)3/h10-17,21-23,32H,6-9,18-20,36H2,1-5H3. The molecule has 0 saturated heterocycles. The molecule has 0 amide bonds. The van der Waals surface area contributed by atoms with Crippen LogP contribution in [0.3, 0.4) is 0 Å². The molecule has 4 nitrogen and oxygen atoms in total. The lowest BCUT2D eigenvalue weighted by Gasteiger charge is -2.42. The zero-order chi connectivity index (χ0) is 27.8. The summed E-state index contributed by atoms with van der Waals surface area (Å²) in [5.41, 5.74) is 14.5. The zero-order valence-electron chi connectivity index (χ0n) is 24.2. The molecule has 0 aromatic heterocycles. The van der Waals surface area contributed by atoms with E-state index in [1.165, 1.54) is 36.8 Å². The monoisotopic (exact) mass is 525 g/mol. The average Bonchev–Trinajstić information content (AvgIpc) is 3.75. The molecular formula is C35H43NO3. The van der Waals surface area contributed by atoms with Crippen molar-refractivity contribution >= 4 is 5.97 Å². The van der Waals surface area contributed by atoms with Gasteiger partial charge in [0.25, 0.3) is 0 Å². The van der Waals surface area contributed by atoms with E-state index in [0.717, 1.165) is 46.8 Å². The van der Waals surface area contributed by atoms with Crippen molar-refractivity contribution < 1.29 is 14.3 Å². The Morgan fingerprint density at radius 2 is 1.51 bits per heavy atom. The van der Waals surface area contributed by atoms with E-state index >= 15 is 0 Å². The third kappa shape index (κ3) is 6.06. The number of esters is 1. The number of hydrogen-bond donors (Lipinski definition) is 1. The Morgan fingerprint density at radius 1 is 0.872 bits per heavy atom. The Labute approximate surface area is 233 Å². The van der Waals surface area contributed by atoms with Gasteiger partial charge in [-0.2, -0.15) is 0 Å². The van der Waals surface area contributed by atoms with Crippen LogP contribution < -0.4 is 10.5 Å². The van der Waals surface area contributed by atoms with Gasteiger partial charge in [0.1, 0.15) is 12.0 Å². The molecule has 2 N–H and O–H groups in total. The first kappa shape index (κ1) is 27.5. The highest BCUT2D eigenvalue weighted by Gasteiger charge is 2.37. The molecule has 39 heavy (non-hydrogen) atoms. The highest BCUT2D eigenvalue weighted by molar-refractivity contribution is 5.90. The summed E-state index contributed by atoms with van der Waals surface area (Å²) in [6, 6.07) is 20.9. The van der Waals surface area contributed by atoms with Crippen LogP contribution in [0, 0.1) is 5.92 Å². The molecule has 0 heterocycles. The molecule has 1 saturated carbocycles. The minimum absolute atomic E-state index is 0.114. The lowest BCUT2D eigenvalue weighted by molar-refractivity contribution is 0.0526. The molecule has 2 aliphatic rings.